The van der Waals surface area contributed by atoms with Crippen molar-refractivity contribution in [1.29, 1.82) is 0 Å². The van der Waals surface area contributed by atoms with Gasteiger partial charge in [-0.3, -0.25) is 4.79 Å². The summed E-state index contributed by atoms with van der Waals surface area (Å²) >= 11 is 7.36. The molecule has 5 heteroatoms. The maximum Gasteiger partial charge on any atom is 0.237 e. The Hall–Kier alpha value is -1.65. The van der Waals surface area contributed by atoms with Crippen LogP contribution >= 0.6 is 23.4 Å². The zero-order valence-corrected chi connectivity index (χ0v) is 13.5. The number of hydrogen-bond acceptors (Lipinski definition) is 3. The molecule has 0 aliphatic heterocycles. The highest BCUT2D eigenvalue weighted by Gasteiger charge is 2.15. The number of nitrogens with one attached hydrogen (secondary N) is 1. The van der Waals surface area contributed by atoms with Crippen molar-refractivity contribution in [3.63, 3.8) is 0 Å². The molecule has 2 rings (SSSR count). The number of hydrogen-bond donors (Lipinski definition) is 2. The van der Waals surface area contributed by atoms with Crippen LogP contribution in [0.5, 0.6) is 0 Å². The molecule has 1 unspecified atom stereocenters. The average Bonchev–Trinajstić information content (AvgIpc) is 2.41. The molecule has 0 saturated heterocycles. The van der Waals surface area contributed by atoms with Gasteiger partial charge < -0.3 is 11.1 Å². The predicted octanol–water partition coefficient (Wildman–Crippen LogP) is 4.35. The molecule has 0 aliphatic rings. The first kappa shape index (κ1) is 15.7. The monoisotopic (exact) mass is 320 g/mol. The summed E-state index contributed by atoms with van der Waals surface area (Å²) in [5, 5.41) is 3.16. The maximum atomic E-state index is 12.2. The molecule has 0 aromatic heterocycles. The van der Waals surface area contributed by atoms with Crippen LogP contribution < -0.4 is 11.1 Å². The quantitative estimate of drug-likeness (QED) is 0.650. The van der Waals surface area contributed by atoms with Crippen LogP contribution in [0, 0.1) is 6.92 Å². The first-order chi connectivity index (χ1) is 9.95. The third-order valence-electron chi connectivity index (χ3n) is 2.94. The van der Waals surface area contributed by atoms with Crippen molar-refractivity contribution in [2.45, 2.75) is 24.0 Å². The molecule has 2 aromatic carbocycles. The van der Waals surface area contributed by atoms with Crippen molar-refractivity contribution in [3.05, 3.63) is 53.1 Å². The molecule has 110 valence electrons. The molecular formula is C16H17ClN2OS. The van der Waals surface area contributed by atoms with Crippen molar-refractivity contribution in [1.82, 2.24) is 0 Å². The van der Waals surface area contributed by atoms with E-state index in [-0.39, 0.29) is 11.2 Å². The predicted molar refractivity (Wildman–Crippen MR) is 91.0 cm³/mol. The SMILES string of the molecule is Cc1cccc(SC(C)C(=O)Nc2ccc(Cl)cc2N)c1. The second-order valence-corrected chi connectivity index (χ2v) is 6.65. The van der Waals surface area contributed by atoms with E-state index in [1.165, 1.54) is 17.3 Å². The lowest BCUT2D eigenvalue weighted by atomic mass is 10.2. The number of nitrogens with two attached hydrogens (primary N) is 1. The van der Waals surface area contributed by atoms with Gasteiger partial charge in [0.1, 0.15) is 0 Å². The lowest BCUT2D eigenvalue weighted by molar-refractivity contribution is -0.115. The number of rotatable bonds is 4. The highest BCUT2D eigenvalue weighted by atomic mass is 35.5. The van der Waals surface area contributed by atoms with Crippen molar-refractivity contribution in [2.24, 2.45) is 0 Å². The number of anilines is 2. The van der Waals surface area contributed by atoms with Gasteiger partial charge in [-0.15, -0.1) is 11.8 Å². The van der Waals surface area contributed by atoms with Gasteiger partial charge in [0.05, 0.1) is 16.6 Å². The molecule has 3 nitrogen and oxygen atoms in total. The van der Waals surface area contributed by atoms with Crippen molar-refractivity contribution >= 4 is 40.6 Å². The van der Waals surface area contributed by atoms with Crippen LogP contribution in [0.2, 0.25) is 5.02 Å². The number of halogens is 1. The van der Waals surface area contributed by atoms with Crippen LogP contribution in [0.15, 0.2) is 47.4 Å². The second kappa shape index (κ2) is 6.87. The number of carbonyl (C=O) groups is 1. The van der Waals surface area contributed by atoms with Gasteiger partial charge in [0.25, 0.3) is 0 Å². The molecule has 0 saturated carbocycles. The van der Waals surface area contributed by atoms with Crippen molar-refractivity contribution < 1.29 is 4.79 Å². The Balaban J connectivity index is 2.02. The maximum absolute atomic E-state index is 12.2. The molecule has 2 aromatic rings. The first-order valence-electron chi connectivity index (χ1n) is 6.55. The summed E-state index contributed by atoms with van der Waals surface area (Å²) < 4.78 is 0. The van der Waals surface area contributed by atoms with E-state index in [1.54, 1.807) is 18.2 Å². The Kier molecular flexibility index (Phi) is 5.15. The zero-order chi connectivity index (χ0) is 15.4. The van der Waals surface area contributed by atoms with E-state index < -0.39 is 0 Å². The summed E-state index contributed by atoms with van der Waals surface area (Å²) in [6.07, 6.45) is 0. The Morgan fingerprint density at radius 1 is 1.29 bits per heavy atom. The normalized spacial score (nSPS) is 12.0. The van der Waals surface area contributed by atoms with Gasteiger partial charge in [-0.2, -0.15) is 0 Å². The zero-order valence-electron chi connectivity index (χ0n) is 11.9. The van der Waals surface area contributed by atoms with Crippen LogP contribution in [-0.2, 0) is 4.79 Å². The van der Waals surface area contributed by atoms with Crippen molar-refractivity contribution in [2.75, 3.05) is 11.1 Å². The molecular weight excluding hydrogens is 304 g/mol. The fourth-order valence-corrected chi connectivity index (χ4v) is 2.99. The number of amides is 1. The van der Waals surface area contributed by atoms with Gasteiger partial charge in [-0.1, -0.05) is 29.3 Å². The Labute approximate surface area is 133 Å². The van der Waals surface area contributed by atoms with E-state index in [0.717, 1.165) is 4.90 Å². The summed E-state index contributed by atoms with van der Waals surface area (Å²) in [6, 6.07) is 13.1. The topological polar surface area (TPSA) is 55.1 Å². The first-order valence-corrected chi connectivity index (χ1v) is 7.80. The molecule has 0 fully saturated rings. The number of thioether (sulfide) groups is 1. The standard InChI is InChI=1S/C16H17ClN2OS/c1-10-4-3-5-13(8-10)21-11(2)16(20)19-15-7-6-12(17)9-14(15)18/h3-9,11H,18H2,1-2H3,(H,19,20). The van der Waals surface area contributed by atoms with Gasteiger partial charge in [-0.25, -0.2) is 0 Å². The minimum atomic E-state index is -0.220. The molecule has 0 radical (unpaired) electrons. The van der Waals surface area contributed by atoms with E-state index in [0.29, 0.717) is 16.4 Å². The fourth-order valence-electron chi connectivity index (χ4n) is 1.83. The van der Waals surface area contributed by atoms with Crippen LogP contribution in [0.25, 0.3) is 0 Å². The van der Waals surface area contributed by atoms with Gasteiger partial charge in [0.15, 0.2) is 0 Å². The molecule has 1 atom stereocenters. The summed E-state index contributed by atoms with van der Waals surface area (Å²) in [7, 11) is 0. The second-order valence-electron chi connectivity index (χ2n) is 4.80. The van der Waals surface area contributed by atoms with Gasteiger partial charge in [0, 0.05) is 9.92 Å². The number of benzene rings is 2. The van der Waals surface area contributed by atoms with Gasteiger partial charge in [0.2, 0.25) is 5.91 Å². The van der Waals surface area contributed by atoms with E-state index in [2.05, 4.69) is 11.4 Å². The molecule has 0 spiro atoms. The van der Waals surface area contributed by atoms with Crippen LogP contribution in [0.3, 0.4) is 0 Å². The minimum absolute atomic E-state index is 0.0875. The molecule has 1 amide bonds. The lowest BCUT2D eigenvalue weighted by Gasteiger charge is -2.13. The largest absolute Gasteiger partial charge is 0.397 e. The van der Waals surface area contributed by atoms with E-state index >= 15 is 0 Å². The smallest absolute Gasteiger partial charge is 0.237 e. The highest BCUT2D eigenvalue weighted by molar-refractivity contribution is 8.00. The molecule has 3 N–H and O–H groups in total. The Morgan fingerprint density at radius 2 is 2.05 bits per heavy atom. The number of aryl methyl sites for hydroxylation is 1. The summed E-state index contributed by atoms with van der Waals surface area (Å²) in [5.74, 6) is -0.0875. The summed E-state index contributed by atoms with van der Waals surface area (Å²) in [5.41, 5.74) is 8.06. The van der Waals surface area contributed by atoms with E-state index in [4.69, 9.17) is 17.3 Å². The Morgan fingerprint density at radius 3 is 2.71 bits per heavy atom. The minimum Gasteiger partial charge on any atom is -0.397 e. The van der Waals surface area contributed by atoms with E-state index in [9.17, 15) is 4.79 Å². The molecule has 0 heterocycles. The molecule has 0 bridgehead atoms. The van der Waals surface area contributed by atoms with Crippen LogP contribution in [0.4, 0.5) is 11.4 Å². The summed E-state index contributed by atoms with van der Waals surface area (Å²) in [4.78, 5) is 13.3. The van der Waals surface area contributed by atoms with Crippen LogP contribution in [0.1, 0.15) is 12.5 Å². The lowest BCUT2D eigenvalue weighted by Crippen LogP contribution is -2.22. The molecule has 21 heavy (non-hydrogen) atoms. The third kappa shape index (κ3) is 4.41. The van der Waals surface area contributed by atoms with Crippen LogP contribution in [-0.4, -0.2) is 11.2 Å². The molecule has 0 aliphatic carbocycles. The Bertz CT molecular complexity index is 660. The fraction of sp³-hybridized carbons (Fsp3) is 0.188. The van der Waals surface area contributed by atoms with Gasteiger partial charge >= 0.3 is 0 Å². The number of nitrogen functional groups attached to an aromatic ring is 1. The number of carbonyl (C=O) groups excluding carboxylic acids is 1. The summed E-state index contributed by atoms with van der Waals surface area (Å²) in [6.45, 7) is 3.90. The third-order valence-corrected chi connectivity index (χ3v) is 4.27. The van der Waals surface area contributed by atoms with E-state index in [1.807, 2.05) is 32.0 Å². The van der Waals surface area contributed by atoms with Gasteiger partial charge in [-0.05, 0) is 44.2 Å². The average molecular weight is 321 g/mol. The highest BCUT2D eigenvalue weighted by Crippen LogP contribution is 2.27. The van der Waals surface area contributed by atoms with Crippen molar-refractivity contribution in [3.8, 4) is 0 Å².